The third kappa shape index (κ3) is 5.08. The van der Waals surface area contributed by atoms with Gasteiger partial charge in [0.2, 0.25) is 0 Å². The predicted molar refractivity (Wildman–Crippen MR) is 111 cm³/mol. The Morgan fingerprint density at radius 2 is 1.93 bits per heavy atom. The van der Waals surface area contributed by atoms with Gasteiger partial charge in [-0.25, -0.2) is 0 Å². The molecule has 2 saturated heterocycles. The fourth-order valence-electron chi connectivity index (χ4n) is 4.77. The van der Waals surface area contributed by atoms with Gasteiger partial charge in [-0.15, -0.1) is 0 Å². The maximum atomic E-state index is 12.9. The number of Topliss-reactive ketones (excluding diaryl/α,β-unsaturated/α-hetero) is 1. The van der Waals surface area contributed by atoms with Gasteiger partial charge in [0, 0.05) is 30.1 Å². The number of benzene rings is 1. The van der Waals surface area contributed by atoms with Crippen molar-refractivity contribution in [3.63, 3.8) is 0 Å². The highest BCUT2D eigenvalue weighted by Gasteiger charge is 2.51. The highest BCUT2D eigenvalue weighted by atomic mass is 16.7. The summed E-state index contributed by atoms with van der Waals surface area (Å²) >= 11 is 0. The Morgan fingerprint density at radius 1 is 1.24 bits per heavy atom. The lowest BCUT2D eigenvalue weighted by Gasteiger charge is -2.44. The molecule has 1 aromatic rings. The van der Waals surface area contributed by atoms with Gasteiger partial charge in [-0.05, 0) is 18.9 Å². The van der Waals surface area contributed by atoms with Gasteiger partial charge in [0.25, 0.3) is 0 Å². The number of hydrogen-bond acceptors (Lipinski definition) is 5. The summed E-state index contributed by atoms with van der Waals surface area (Å²) < 4.78 is 18.0. The molecule has 2 fully saturated rings. The third-order valence-corrected chi connectivity index (χ3v) is 6.76. The van der Waals surface area contributed by atoms with Crippen molar-refractivity contribution in [2.24, 2.45) is 23.7 Å². The van der Waals surface area contributed by atoms with E-state index in [-0.39, 0.29) is 35.7 Å². The molecule has 0 radical (unpaired) electrons. The summed E-state index contributed by atoms with van der Waals surface area (Å²) in [4.78, 5) is 12.9. The van der Waals surface area contributed by atoms with Crippen molar-refractivity contribution in [2.45, 2.75) is 78.2 Å². The normalized spacial score (nSPS) is 33.1. The van der Waals surface area contributed by atoms with Crippen molar-refractivity contribution < 1.29 is 24.1 Å². The van der Waals surface area contributed by atoms with Crippen molar-refractivity contribution >= 4 is 5.78 Å². The van der Waals surface area contributed by atoms with E-state index in [9.17, 15) is 9.90 Å². The average Bonchev–Trinajstić information content (AvgIpc) is 3.06. The zero-order chi connectivity index (χ0) is 21.2. The molecular formula is C24H36O5. The van der Waals surface area contributed by atoms with Crippen LogP contribution >= 0.6 is 0 Å². The molecule has 29 heavy (non-hydrogen) atoms. The maximum Gasteiger partial charge on any atom is 0.166 e. The van der Waals surface area contributed by atoms with Gasteiger partial charge in [-0.2, -0.15) is 0 Å². The van der Waals surface area contributed by atoms with E-state index in [1.165, 1.54) is 0 Å². The van der Waals surface area contributed by atoms with Crippen LogP contribution in [0.25, 0.3) is 0 Å². The molecular weight excluding hydrogens is 368 g/mol. The van der Waals surface area contributed by atoms with Crippen molar-refractivity contribution in [1.29, 1.82) is 0 Å². The molecule has 5 nitrogen and oxygen atoms in total. The number of aliphatic hydroxyl groups is 1. The molecule has 5 heteroatoms. The molecule has 8 atom stereocenters. The quantitative estimate of drug-likeness (QED) is 0.675. The second-order valence-electron chi connectivity index (χ2n) is 9.21. The molecule has 0 spiro atoms. The van der Waals surface area contributed by atoms with Gasteiger partial charge in [0.1, 0.15) is 5.78 Å². The molecule has 3 rings (SSSR count). The Bertz CT molecular complexity index is 677. The summed E-state index contributed by atoms with van der Waals surface area (Å²) in [5.41, 5.74) is 1.09. The first kappa shape index (κ1) is 22.4. The van der Waals surface area contributed by atoms with Gasteiger partial charge in [0.05, 0.1) is 31.5 Å². The van der Waals surface area contributed by atoms with Crippen LogP contribution in [0.4, 0.5) is 0 Å². The third-order valence-electron chi connectivity index (χ3n) is 6.76. The SMILES string of the molecule is CC1C2CCC(C)(O2)OC1[C@H](C)[C@H](O)[C@H](C)C(=O)[C@@H](C)COCc1ccccc1. The molecule has 1 aromatic carbocycles. The first-order chi connectivity index (χ1) is 13.7. The average molecular weight is 405 g/mol. The number of carbonyl (C=O) groups is 1. The lowest BCUT2D eigenvalue weighted by molar-refractivity contribution is -0.308. The summed E-state index contributed by atoms with van der Waals surface area (Å²) in [5.74, 6) is -1.20. The minimum atomic E-state index is -0.757. The molecule has 1 N–H and O–H groups in total. The van der Waals surface area contributed by atoms with E-state index in [2.05, 4.69) is 6.92 Å². The van der Waals surface area contributed by atoms with Crippen LogP contribution in [0.3, 0.4) is 0 Å². The molecule has 2 aliphatic rings. The second-order valence-corrected chi connectivity index (χ2v) is 9.21. The highest BCUT2D eigenvalue weighted by molar-refractivity contribution is 5.83. The Kier molecular flexibility index (Phi) is 7.15. The van der Waals surface area contributed by atoms with E-state index in [0.29, 0.717) is 13.2 Å². The van der Waals surface area contributed by atoms with Gasteiger partial charge < -0.3 is 19.3 Å². The molecule has 4 unspecified atom stereocenters. The number of aliphatic hydroxyl groups excluding tert-OH is 1. The summed E-state index contributed by atoms with van der Waals surface area (Å²) in [5, 5.41) is 11.0. The molecule has 2 aliphatic heterocycles. The van der Waals surface area contributed by atoms with Crippen molar-refractivity contribution in [3.05, 3.63) is 35.9 Å². The van der Waals surface area contributed by atoms with E-state index < -0.39 is 17.8 Å². The Morgan fingerprint density at radius 3 is 2.62 bits per heavy atom. The topological polar surface area (TPSA) is 65.0 Å². The Labute approximate surface area is 174 Å². The summed E-state index contributed by atoms with van der Waals surface area (Å²) in [6.07, 6.45) is 1.17. The lowest BCUT2D eigenvalue weighted by Crippen LogP contribution is -2.52. The van der Waals surface area contributed by atoms with Gasteiger partial charge >= 0.3 is 0 Å². The van der Waals surface area contributed by atoms with Gasteiger partial charge in [0.15, 0.2) is 5.79 Å². The number of hydrogen-bond donors (Lipinski definition) is 1. The maximum absolute atomic E-state index is 12.9. The van der Waals surface area contributed by atoms with Crippen LogP contribution in [-0.2, 0) is 25.6 Å². The summed E-state index contributed by atoms with van der Waals surface area (Å²) in [7, 11) is 0. The number of ether oxygens (including phenoxy) is 3. The van der Waals surface area contributed by atoms with Crippen LogP contribution in [0.15, 0.2) is 30.3 Å². The fraction of sp³-hybridized carbons (Fsp3) is 0.708. The van der Waals surface area contributed by atoms with Crippen molar-refractivity contribution in [3.8, 4) is 0 Å². The molecule has 0 saturated carbocycles. The van der Waals surface area contributed by atoms with Crippen molar-refractivity contribution in [2.75, 3.05) is 6.61 Å². The fourth-order valence-corrected chi connectivity index (χ4v) is 4.77. The zero-order valence-corrected chi connectivity index (χ0v) is 18.3. The van der Waals surface area contributed by atoms with Crippen LogP contribution in [0.5, 0.6) is 0 Å². The van der Waals surface area contributed by atoms with E-state index in [0.717, 1.165) is 18.4 Å². The van der Waals surface area contributed by atoms with E-state index in [4.69, 9.17) is 14.2 Å². The first-order valence-electron chi connectivity index (χ1n) is 10.9. The smallest absolute Gasteiger partial charge is 0.166 e. The van der Waals surface area contributed by atoms with Crippen molar-refractivity contribution in [1.82, 2.24) is 0 Å². The molecule has 2 bridgehead atoms. The number of ketones is 1. The summed E-state index contributed by atoms with van der Waals surface area (Å²) in [6, 6.07) is 9.92. The van der Waals surface area contributed by atoms with E-state index in [1.54, 1.807) is 0 Å². The largest absolute Gasteiger partial charge is 0.392 e. The Balaban J connectivity index is 1.52. The first-order valence-corrected chi connectivity index (χ1v) is 10.9. The molecule has 2 heterocycles. The summed E-state index contributed by atoms with van der Waals surface area (Å²) in [6.45, 7) is 10.6. The molecule has 0 aliphatic carbocycles. The van der Waals surface area contributed by atoms with Crippen LogP contribution in [0.2, 0.25) is 0 Å². The standard InChI is InChI=1S/C24H36O5/c1-15(13-27-14-19-9-7-6-8-10-19)21(25)17(3)22(26)18(4)23-16(2)20-11-12-24(5,28-20)29-23/h6-10,15-18,20,22-23,26H,11-14H2,1-5H3/t15-,16?,17+,18+,20?,22+,23?,24?/m0/s1. The molecule has 162 valence electrons. The number of fused-ring (bicyclic) bond motifs is 2. The number of rotatable bonds is 9. The van der Waals surface area contributed by atoms with Crippen LogP contribution in [0, 0.1) is 23.7 Å². The molecule has 0 amide bonds. The number of carbonyl (C=O) groups excluding carboxylic acids is 1. The monoisotopic (exact) mass is 404 g/mol. The molecule has 0 aromatic heterocycles. The minimum Gasteiger partial charge on any atom is -0.392 e. The van der Waals surface area contributed by atoms with Crippen LogP contribution in [-0.4, -0.2) is 41.6 Å². The minimum absolute atomic E-state index is 0.0336. The zero-order valence-electron chi connectivity index (χ0n) is 18.3. The lowest BCUT2D eigenvalue weighted by atomic mass is 9.79. The Hall–Kier alpha value is -1.27. The van der Waals surface area contributed by atoms with E-state index in [1.807, 2.05) is 58.0 Å². The van der Waals surface area contributed by atoms with Gasteiger partial charge in [-0.3, -0.25) is 4.79 Å². The van der Waals surface area contributed by atoms with Crippen LogP contribution < -0.4 is 0 Å². The van der Waals surface area contributed by atoms with Gasteiger partial charge in [-0.1, -0.05) is 58.0 Å². The second kappa shape index (κ2) is 9.25. The predicted octanol–water partition coefficient (Wildman–Crippen LogP) is 3.97. The highest BCUT2D eigenvalue weighted by Crippen LogP contribution is 2.45. The van der Waals surface area contributed by atoms with E-state index >= 15 is 0 Å². The van der Waals surface area contributed by atoms with Crippen LogP contribution in [0.1, 0.15) is 53.0 Å².